The number of aromatic nitrogens is 3. The van der Waals surface area contributed by atoms with Crippen LogP contribution in [0.3, 0.4) is 0 Å². The Bertz CT molecular complexity index is 1400. The number of ether oxygens (including phenoxy) is 1. The first-order valence-corrected chi connectivity index (χ1v) is 12.7. The lowest BCUT2D eigenvalue weighted by molar-refractivity contribution is 0.0901. The number of pyridine rings is 1. The number of rotatable bonds is 8. The van der Waals surface area contributed by atoms with Crippen LogP contribution in [0.5, 0.6) is 0 Å². The summed E-state index contributed by atoms with van der Waals surface area (Å²) in [5.41, 5.74) is 1.46. The molecule has 0 bridgehead atoms. The van der Waals surface area contributed by atoms with Gasteiger partial charge in [0.05, 0.1) is 28.8 Å². The van der Waals surface area contributed by atoms with Crippen molar-refractivity contribution in [2.75, 3.05) is 11.8 Å². The number of nitrogens with zero attached hydrogens (tertiary/aromatic N) is 4. The number of sulfonamides is 1. The standard InChI is InChI=1S/C25H30N6O4S/c1-16(25(2,3)4)28-24(32)23-22(30-36(33,34)18-11-9-17(14-26)10-12-18)21(29-31(23)5)19-8-7-13-27-20(19)15-35-6/h7-13,16,30H,15H2,1-6H3,(H,28,32)/t16-/m0/s1. The highest BCUT2D eigenvalue weighted by Crippen LogP contribution is 2.34. The van der Waals surface area contributed by atoms with E-state index in [1.807, 2.05) is 33.8 Å². The molecule has 0 saturated carbocycles. The van der Waals surface area contributed by atoms with E-state index in [2.05, 4.69) is 20.1 Å². The fourth-order valence-electron chi connectivity index (χ4n) is 3.36. The summed E-state index contributed by atoms with van der Waals surface area (Å²) in [6.07, 6.45) is 1.60. The van der Waals surface area contributed by atoms with Crippen molar-refractivity contribution in [1.82, 2.24) is 20.1 Å². The molecular formula is C25H30N6O4S. The fraction of sp³-hybridized carbons (Fsp3) is 0.360. The van der Waals surface area contributed by atoms with E-state index in [4.69, 9.17) is 10.00 Å². The van der Waals surface area contributed by atoms with Gasteiger partial charge in [0.2, 0.25) is 0 Å². The van der Waals surface area contributed by atoms with E-state index in [9.17, 15) is 13.2 Å². The van der Waals surface area contributed by atoms with Crippen molar-refractivity contribution in [3.63, 3.8) is 0 Å². The zero-order valence-corrected chi connectivity index (χ0v) is 22.0. The highest BCUT2D eigenvalue weighted by Gasteiger charge is 2.31. The van der Waals surface area contributed by atoms with Crippen LogP contribution in [-0.4, -0.2) is 42.2 Å². The lowest BCUT2D eigenvalue weighted by atomic mass is 9.88. The minimum absolute atomic E-state index is 0.0193. The second-order valence-electron chi connectivity index (χ2n) is 9.43. The van der Waals surface area contributed by atoms with E-state index in [0.717, 1.165) is 0 Å². The molecule has 1 amide bonds. The zero-order valence-electron chi connectivity index (χ0n) is 21.2. The summed E-state index contributed by atoms with van der Waals surface area (Å²) < 4.78 is 35.9. The molecule has 0 radical (unpaired) electrons. The Morgan fingerprint density at radius 2 is 1.89 bits per heavy atom. The number of carbonyl (C=O) groups is 1. The zero-order chi connectivity index (χ0) is 26.7. The number of carbonyl (C=O) groups excluding carboxylic acids is 1. The maximum atomic E-state index is 13.4. The first kappa shape index (κ1) is 26.8. The molecule has 190 valence electrons. The summed E-state index contributed by atoms with van der Waals surface area (Å²) in [4.78, 5) is 17.7. The van der Waals surface area contributed by atoms with E-state index in [1.165, 1.54) is 36.1 Å². The Labute approximate surface area is 211 Å². The van der Waals surface area contributed by atoms with Crippen molar-refractivity contribution >= 4 is 21.6 Å². The summed E-state index contributed by atoms with van der Waals surface area (Å²) in [6.45, 7) is 8.03. The summed E-state index contributed by atoms with van der Waals surface area (Å²) in [5.74, 6) is -0.478. The SMILES string of the molecule is COCc1ncccc1-c1nn(C)c(C(=O)N[C@@H](C)C(C)(C)C)c1NS(=O)(=O)c1ccc(C#N)cc1. The third kappa shape index (κ3) is 5.72. The van der Waals surface area contributed by atoms with Crippen LogP contribution in [0, 0.1) is 16.7 Å². The van der Waals surface area contributed by atoms with Crippen molar-refractivity contribution in [1.29, 1.82) is 5.26 Å². The first-order chi connectivity index (χ1) is 16.9. The number of amides is 1. The van der Waals surface area contributed by atoms with Gasteiger partial charge in [-0.15, -0.1) is 0 Å². The van der Waals surface area contributed by atoms with Gasteiger partial charge in [0, 0.05) is 32.0 Å². The van der Waals surface area contributed by atoms with Gasteiger partial charge in [0.1, 0.15) is 11.4 Å². The van der Waals surface area contributed by atoms with E-state index < -0.39 is 15.9 Å². The Balaban J connectivity index is 2.18. The summed E-state index contributed by atoms with van der Waals surface area (Å²) in [6, 6.07) is 10.7. The topological polar surface area (TPSA) is 139 Å². The largest absolute Gasteiger partial charge is 0.378 e. The average Bonchev–Trinajstić information content (AvgIpc) is 3.13. The third-order valence-corrected chi connectivity index (χ3v) is 7.23. The summed E-state index contributed by atoms with van der Waals surface area (Å²) in [5, 5.41) is 16.5. The first-order valence-electron chi connectivity index (χ1n) is 11.2. The molecule has 0 aliphatic rings. The Hall–Kier alpha value is -3.75. The van der Waals surface area contributed by atoms with Gasteiger partial charge in [-0.05, 0) is 48.7 Å². The number of anilines is 1. The predicted octanol–water partition coefficient (Wildman–Crippen LogP) is 3.47. The highest BCUT2D eigenvalue weighted by atomic mass is 32.2. The number of aryl methyl sites for hydroxylation is 1. The molecule has 11 heteroatoms. The highest BCUT2D eigenvalue weighted by molar-refractivity contribution is 7.92. The number of hydrogen-bond acceptors (Lipinski definition) is 7. The number of nitrogens with one attached hydrogen (secondary N) is 2. The Kier molecular flexibility index (Phi) is 7.81. The summed E-state index contributed by atoms with van der Waals surface area (Å²) >= 11 is 0. The second kappa shape index (κ2) is 10.5. The Morgan fingerprint density at radius 1 is 1.22 bits per heavy atom. The van der Waals surface area contributed by atoms with Gasteiger partial charge in [-0.3, -0.25) is 19.2 Å². The van der Waals surface area contributed by atoms with Crippen LogP contribution >= 0.6 is 0 Å². The van der Waals surface area contributed by atoms with Gasteiger partial charge in [-0.1, -0.05) is 20.8 Å². The molecule has 2 heterocycles. The number of methoxy groups -OCH3 is 1. The third-order valence-electron chi connectivity index (χ3n) is 5.87. The van der Waals surface area contributed by atoms with Gasteiger partial charge in [-0.2, -0.15) is 10.4 Å². The molecule has 0 unspecified atom stereocenters. The molecule has 0 aliphatic carbocycles. The molecule has 3 aromatic rings. The van der Waals surface area contributed by atoms with E-state index >= 15 is 0 Å². The lowest BCUT2D eigenvalue weighted by Gasteiger charge is -2.28. The Morgan fingerprint density at radius 3 is 2.47 bits per heavy atom. The van der Waals surface area contributed by atoms with E-state index in [-0.39, 0.29) is 40.0 Å². The van der Waals surface area contributed by atoms with Crippen LogP contribution in [0.4, 0.5) is 5.69 Å². The minimum Gasteiger partial charge on any atom is -0.378 e. The van der Waals surface area contributed by atoms with Gasteiger partial charge in [0.25, 0.3) is 15.9 Å². The number of nitriles is 1. The molecular weight excluding hydrogens is 480 g/mol. The molecule has 10 nitrogen and oxygen atoms in total. The van der Waals surface area contributed by atoms with Gasteiger partial charge < -0.3 is 10.1 Å². The molecule has 36 heavy (non-hydrogen) atoms. The van der Waals surface area contributed by atoms with E-state index in [1.54, 1.807) is 25.4 Å². The molecule has 1 aromatic carbocycles. The van der Waals surface area contributed by atoms with Crippen molar-refractivity contribution in [3.05, 3.63) is 59.5 Å². The average molecular weight is 511 g/mol. The van der Waals surface area contributed by atoms with Gasteiger partial charge >= 0.3 is 0 Å². The maximum absolute atomic E-state index is 13.4. The molecule has 3 rings (SSSR count). The predicted molar refractivity (Wildman–Crippen MR) is 136 cm³/mol. The lowest BCUT2D eigenvalue weighted by Crippen LogP contribution is -2.42. The quantitative estimate of drug-likeness (QED) is 0.473. The molecule has 0 aliphatic heterocycles. The molecule has 0 spiro atoms. The molecule has 1 atom stereocenters. The van der Waals surface area contributed by atoms with Crippen LogP contribution in [0.2, 0.25) is 0 Å². The maximum Gasteiger partial charge on any atom is 0.271 e. The molecule has 0 fully saturated rings. The van der Waals surface area contributed by atoms with Crippen molar-refractivity contribution in [2.24, 2.45) is 12.5 Å². The molecule has 2 N–H and O–H groups in total. The normalized spacial score (nSPS) is 12.6. The molecule has 2 aromatic heterocycles. The van der Waals surface area contributed by atoms with Crippen molar-refractivity contribution < 1.29 is 17.9 Å². The monoisotopic (exact) mass is 510 g/mol. The van der Waals surface area contributed by atoms with Gasteiger partial charge in [-0.25, -0.2) is 8.42 Å². The van der Waals surface area contributed by atoms with E-state index in [0.29, 0.717) is 16.8 Å². The summed E-state index contributed by atoms with van der Waals surface area (Å²) in [7, 11) is -1.04. The smallest absolute Gasteiger partial charge is 0.271 e. The fourth-order valence-corrected chi connectivity index (χ4v) is 4.43. The van der Waals surface area contributed by atoms with Crippen LogP contribution in [0.1, 0.15) is 49.4 Å². The van der Waals surface area contributed by atoms with Crippen LogP contribution in [0.25, 0.3) is 11.3 Å². The van der Waals surface area contributed by atoms with Crippen molar-refractivity contribution in [2.45, 2.75) is 45.2 Å². The number of hydrogen-bond donors (Lipinski definition) is 2. The van der Waals surface area contributed by atoms with Crippen molar-refractivity contribution in [3.8, 4) is 17.3 Å². The minimum atomic E-state index is -4.14. The second-order valence-corrected chi connectivity index (χ2v) is 11.1. The van der Waals surface area contributed by atoms with Crippen LogP contribution in [-0.2, 0) is 28.4 Å². The van der Waals surface area contributed by atoms with Gasteiger partial charge in [0.15, 0.2) is 5.69 Å². The van der Waals surface area contributed by atoms with Crippen LogP contribution < -0.4 is 10.0 Å². The van der Waals surface area contributed by atoms with Crippen LogP contribution in [0.15, 0.2) is 47.5 Å². The molecule has 0 saturated heterocycles. The number of benzene rings is 1.